The molecular formula is C32H61NO3P+. The third-order valence-electron chi connectivity index (χ3n) is 11.2. The summed E-state index contributed by atoms with van der Waals surface area (Å²) in [6.45, 7) is 14.1. The molecule has 37 heavy (non-hydrogen) atoms. The van der Waals surface area contributed by atoms with Crippen LogP contribution in [0.3, 0.4) is 0 Å². The van der Waals surface area contributed by atoms with Crippen LogP contribution < -0.4 is 0 Å². The van der Waals surface area contributed by atoms with Gasteiger partial charge in [0, 0.05) is 0 Å². The number of hydrogen-bond donors (Lipinski definition) is 1. The summed E-state index contributed by atoms with van der Waals surface area (Å²) in [4.78, 5) is 0. The summed E-state index contributed by atoms with van der Waals surface area (Å²) in [6.07, 6.45) is 17.2. The molecule has 0 spiro atoms. The van der Waals surface area contributed by atoms with Crippen LogP contribution in [0.4, 0.5) is 0 Å². The predicted molar refractivity (Wildman–Crippen MR) is 158 cm³/mol. The highest BCUT2D eigenvalue weighted by Gasteiger charge is 2.59. The molecule has 0 saturated heterocycles. The van der Waals surface area contributed by atoms with Gasteiger partial charge in [-0.15, -0.1) is 0 Å². The molecule has 0 heterocycles. The topological polar surface area (TPSA) is 46.5 Å². The van der Waals surface area contributed by atoms with Gasteiger partial charge in [-0.1, -0.05) is 65.5 Å². The second-order valence-corrected chi connectivity index (χ2v) is 15.7. The molecule has 3 fully saturated rings. The number of nitrogens with zero attached hydrogens (tertiary/aromatic N) is 1. The smallest absolute Gasteiger partial charge is 0.180 e. The molecular weight excluding hydrogens is 477 g/mol. The van der Waals surface area contributed by atoms with Crippen molar-refractivity contribution in [2.24, 2.45) is 46.3 Å². The maximum atomic E-state index is 10.2. The highest BCUT2D eigenvalue weighted by molar-refractivity contribution is 7.17. The number of aliphatic hydroxyl groups excluding tert-OH is 1. The van der Waals surface area contributed by atoms with Crippen molar-refractivity contribution in [1.29, 1.82) is 0 Å². The molecule has 4 rings (SSSR count). The van der Waals surface area contributed by atoms with Crippen molar-refractivity contribution in [1.82, 2.24) is 0 Å². The van der Waals surface area contributed by atoms with Crippen molar-refractivity contribution in [3.63, 3.8) is 0 Å². The Bertz CT molecular complexity index is 776. The van der Waals surface area contributed by atoms with Crippen molar-refractivity contribution < 1.29 is 18.7 Å². The Morgan fingerprint density at radius 2 is 1.78 bits per heavy atom. The van der Waals surface area contributed by atoms with Crippen LogP contribution in [0.2, 0.25) is 0 Å². The molecule has 4 nitrogen and oxygen atoms in total. The van der Waals surface area contributed by atoms with E-state index in [2.05, 4.69) is 61.8 Å². The van der Waals surface area contributed by atoms with Crippen LogP contribution in [0.5, 0.6) is 0 Å². The van der Waals surface area contributed by atoms with Crippen LogP contribution in [0.25, 0.3) is 0 Å². The van der Waals surface area contributed by atoms with Crippen molar-refractivity contribution >= 4 is 8.69 Å². The molecule has 0 bridgehead atoms. The van der Waals surface area contributed by atoms with Gasteiger partial charge in [0.05, 0.1) is 27.2 Å². The van der Waals surface area contributed by atoms with Crippen molar-refractivity contribution in [2.45, 2.75) is 111 Å². The van der Waals surface area contributed by atoms with E-state index in [0.717, 1.165) is 59.4 Å². The van der Waals surface area contributed by atoms with Crippen LogP contribution in [0.1, 0.15) is 105 Å². The first kappa shape index (κ1) is 31.4. The van der Waals surface area contributed by atoms with Crippen LogP contribution in [0.15, 0.2) is 11.6 Å². The molecule has 0 aromatic heterocycles. The molecule has 0 amide bonds. The SMILES string of the molecule is CC(C)CCC[C@@H](C)[C@H]1CC[C@H]2[C@@H]3CC=C4C[C@@H](O)CC[C@]4(C)[C@H]3CC[C@]12C.C[N+](C)(C)CCO[PH2]=O. The summed E-state index contributed by atoms with van der Waals surface area (Å²) in [6, 6.07) is 0. The Morgan fingerprint density at radius 1 is 1.05 bits per heavy atom. The lowest BCUT2D eigenvalue weighted by Gasteiger charge is -2.58. The van der Waals surface area contributed by atoms with Gasteiger partial charge < -0.3 is 14.1 Å². The van der Waals surface area contributed by atoms with Crippen LogP contribution >= 0.6 is 8.69 Å². The molecule has 0 aromatic carbocycles. The van der Waals surface area contributed by atoms with Crippen LogP contribution in [0, 0.1) is 46.3 Å². The lowest BCUT2D eigenvalue weighted by molar-refractivity contribution is -0.870. The molecule has 1 N–H and O–H groups in total. The summed E-state index contributed by atoms with van der Waals surface area (Å²) < 4.78 is 15.5. The van der Waals surface area contributed by atoms with Crippen LogP contribution in [-0.2, 0) is 9.09 Å². The average Bonchev–Trinajstić information content (AvgIpc) is 3.16. The zero-order valence-electron chi connectivity index (χ0n) is 25.6. The fourth-order valence-corrected chi connectivity index (χ4v) is 9.24. The van der Waals surface area contributed by atoms with E-state index < -0.39 is 8.69 Å². The van der Waals surface area contributed by atoms with E-state index in [1.807, 2.05) is 0 Å². The number of rotatable bonds is 9. The minimum Gasteiger partial charge on any atom is -0.393 e. The summed E-state index contributed by atoms with van der Waals surface area (Å²) in [7, 11) is 5.20. The Hall–Kier alpha value is -0.150. The van der Waals surface area contributed by atoms with E-state index >= 15 is 0 Å². The van der Waals surface area contributed by atoms with Gasteiger partial charge in [-0.05, 0) is 97.7 Å². The van der Waals surface area contributed by atoms with E-state index in [1.165, 1.54) is 57.8 Å². The van der Waals surface area contributed by atoms with E-state index in [0.29, 0.717) is 17.4 Å². The number of hydrogen-bond acceptors (Lipinski definition) is 3. The monoisotopic (exact) mass is 538 g/mol. The van der Waals surface area contributed by atoms with Gasteiger partial charge in [0.25, 0.3) is 0 Å². The van der Waals surface area contributed by atoms with E-state index in [9.17, 15) is 9.67 Å². The maximum Gasteiger partial charge on any atom is 0.180 e. The zero-order chi connectivity index (χ0) is 27.4. The minimum absolute atomic E-state index is 0.0766. The Kier molecular flexibility index (Phi) is 11.0. The van der Waals surface area contributed by atoms with E-state index in [1.54, 1.807) is 5.57 Å². The Labute approximate surface area is 230 Å². The normalized spacial score (nSPS) is 38.4. The summed E-state index contributed by atoms with van der Waals surface area (Å²) in [5.74, 6) is 5.46. The number of likely N-dealkylation sites (N-methyl/N-ethyl adjacent to an activating group) is 1. The number of quaternary nitrogens is 1. The Morgan fingerprint density at radius 3 is 2.43 bits per heavy atom. The standard InChI is InChI=1S/C27H46O.C5H15NO2P/c1-18(2)7-6-8-19(3)23-11-12-24-22-10-9-20-17-21(28)13-15-26(20,4)25(22)14-16-27(23,24)5;1-6(2,3)4-5-8-9-7/h9,18-19,21-25,28H,6-8,10-17H2,1-5H3;4-5,9H2,1-3H3/q;+1/t19-,21+,22+,23-,24+,25+,26+,27-;/m1./s1. The summed E-state index contributed by atoms with van der Waals surface area (Å²) >= 11 is 0. The molecule has 5 heteroatoms. The Balaban J connectivity index is 0.000000364. The number of aliphatic hydroxyl groups is 1. The molecule has 9 atom stereocenters. The van der Waals surface area contributed by atoms with Crippen molar-refractivity contribution in [3.8, 4) is 0 Å². The fraction of sp³-hybridized carbons (Fsp3) is 0.938. The largest absolute Gasteiger partial charge is 0.393 e. The fourth-order valence-electron chi connectivity index (χ4n) is 9.04. The molecule has 3 saturated carbocycles. The predicted octanol–water partition coefficient (Wildman–Crippen LogP) is 7.77. The van der Waals surface area contributed by atoms with E-state index in [4.69, 9.17) is 4.52 Å². The third kappa shape index (κ3) is 7.53. The van der Waals surface area contributed by atoms with Crippen molar-refractivity contribution in [2.75, 3.05) is 34.3 Å². The lowest BCUT2D eigenvalue weighted by atomic mass is 9.47. The number of allylic oxidation sites excluding steroid dienone is 1. The third-order valence-corrected chi connectivity index (χ3v) is 11.6. The lowest BCUT2D eigenvalue weighted by Crippen LogP contribution is -2.50. The molecule has 216 valence electrons. The van der Waals surface area contributed by atoms with E-state index in [-0.39, 0.29) is 6.10 Å². The van der Waals surface area contributed by atoms with Gasteiger partial charge in [0.2, 0.25) is 0 Å². The summed E-state index contributed by atoms with van der Waals surface area (Å²) in [5.41, 5.74) is 2.60. The van der Waals surface area contributed by atoms with Gasteiger partial charge in [-0.25, -0.2) is 0 Å². The van der Waals surface area contributed by atoms with Gasteiger partial charge in [0.15, 0.2) is 8.69 Å². The first-order valence-corrected chi connectivity index (χ1v) is 16.5. The summed E-state index contributed by atoms with van der Waals surface area (Å²) in [5, 5.41) is 10.2. The van der Waals surface area contributed by atoms with Gasteiger partial charge in [0.1, 0.15) is 13.2 Å². The van der Waals surface area contributed by atoms with Gasteiger partial charge in [-0.3, -0.25) is 4.57 Å². The van der Waals surface area contributed by atoms with Crippen LogP contribution in [-0.4, -0.2) is 50.0 Å². The minimum atomic E-state index is -1.02. The quantitative estimate of drug-likeness (QED) is 0.141. The first-order valence-electron chi connectivity index (χ1n) is 15.5. The average molecular weight is 539 g/mol. The highest BCUT2D eigenvalue weighted by Crippen LogP contribution is 2.67. The maximum absolute atomic E-state index is 10.2. The van der Waals surface area contributed by atoms with Crippen molar-refractivity contribution in [3.05, 3.63) is 11.6 Å². The molecule has 4 aliphatic carbocycles. The molecule has 1 unspecified atom stereocenters. The second-order valence-electron chi connectivity index (χ2n) is 15.2. The molecule has 0 aromatic rings. The molecule has 0 radical (unpaired) electrons. The first-order chi connectivity index (χ1) is 17.3. The van der Waals surface area contributed by atoms with Gasteiger partial charge >= 0.3 is 0 Å². The number of fused-ring (bicyclic) bond motifs is 5. The zero-order valence-corrected chi connectivity index (χ0v) is 26.8. The molecule has 0 aliphatic heterocycles. The van der Waals surface area contributed by atoms with Gasteiger partial charge in [-0.2, -0.15) is 0 Å². The molecule has 4 aliphatic rings. The highest BCUT2D eigenvalue weighted by atomic mass is 31.1. The second kappa shape index (κ2) is 13.0.